The van der Waals surface area contributed by atoms with Gasteiger partial charge in [-0.3, -0.25) is 5.32 Å². The number of halogens is 1. The zero-order valence-corrected chi connectivity index (χ0v) is 11.6. The van der Waals surface area contributed by atoms with Crippen LogP contribution in [-0.2, 0) is 0 Å². The Morgan fingerprint density at radius 1 is 1.30 bits per heavy atom. The van der Waals surface area contributed by atoms with Crippen LogP contribution < -0.4 is 10.7 Å². The van der Waals surface area contributed by atoms with Gasteiger partial charge >= 0.3 is 6.03 Å². The second-order valence-electron chi connectivity index (χ2n) is 4.01. The summed E-state index contributed by atoms with van der Waals surface area (Å²) in [6, 6.07) is 10.4. The van der Waals surface area contributed by atoms with E-state index in [1.165, 1.54) is 6.21 Å². The monoisotopic (exact) mass is 288 g/mol. The lowest BCUT2D eigenvalue weighted by atomic mass is 10.2. The van der Waals surface area contributed by atoms with E-state index in [1.807, 2.05) is 25.1 Å². The first kappa shape index (κ1) is 14.0. The Bertz CT molecular complexity index is 643. The molecule has 0 aliphatic carbocycles. The van der Waals surface area contributed by atoms with Gasteiger partial charge in [-0.2, -0.15) is 5.10 Å². The topological polar surface area (TPSA) is 66.4 Å². The van der Waals surface area contributed by atoms with Crippen molar-refractivity contribution in [3.63, 3.8) is 0 Å². The molecule has 1 heterocycles. The van der Waals surface area contributed by atoms with Crippen LogP contribution >= 0.6 is 11.6 Å². The van der Waals surface area contributed by atoms with E-state index in [0.29, 0.717) is 10.8 Å². The number of aryl methyl sites for hydroxylation is 1. The molecule has 0 fully saturated rings. The van der Waals surface area contributed by atoms with Crippen molar-refractivity contribution in [1.82, 2.24) is 10.4 Å². The van der Waals surface area contributed by atoms with E-state index < -0.39 is 6.03 Å². The molecule has 0 spiro atoms. The van der Waals surface area contributed by atoms with E-state index in [1.54, 1.807) is 24.4 Å². The molecule has 2 amide bonds. The molecule has 0 saturated carbocycles. The quantitative estimate of drug-likeness (QED) is 0.673. The third-order valence-electron chi connectivity index (χ3n) is 2.52. The van der Waals surface area contributed by atoms with E-state index in [0.717, 1.165) is 11.1 Å². The van der Waals surface area contributed by atoms with Gasteiger partial charge in [-0.25, -0.2) is 15.2 Å². The molecule has 0 aliphatic heterocycles. The van der Waals surface area contributed by atoms with Crippen LogP contribution in [0, 0.1) is 6.92 Å². The molecule has 0 atom stereocenters. The highest BCUT2D eigenvalue weighted by molar-refractivity contribution is 6.33. The molecule has 0 aliphatic rings. The number of anilines is 1. The molecule has 20 heavy (non-hydrogen) atoms. The van der Waals surface area contributed by atoms with E-state index in [4.69, 9.17) is 11.6 Å². The molecule has 6 heteroatoms. The molecule has 5 nitrogen and oxygen atoms in total. The lowest BCUT2D eigenvalue weighted by Gasteiger charge is -2.05. The molecule has 2 aromatic rings. The number of hydrogen-bond acceptors (Lipinski definition) is 3. The molecule has 0 bridgehead atoms. The van der Waals surface area contributed by atoms with E-state index in [2.05, 4.69) is 20.8 Å². The number of carbonyl (C=O) groups is 1. The van der Waals surface area contributed by atoms with Crippen molar-refractivity contribution >= 4 is 29.7 Å². The second kappa shape index (κ2) is 6.68. The Morgan fingerprint density at radius 3 is 2.85 bits per heavy atom. The van der Waals surface area contributed by atoms with Crippen LogP contribution in [0.5, 0.6) is 0 Å². The lowest BCUT2D eigenvalue weighted by molar-refractivity contribution is 0.252. The zero-order valence-electron chi connectivity index (χ0n) is 10.8. The highest BCUT2D eigenvalue weighted by atomic mass is 35.5. The van der Waals surface area contributed by atoms with Gasteiger partial charge in [-0.1, -0.05) is 35.9 Å². The van der Waals surface area contributed by atoms with Gasteiger partial charge in [0.2, 0.25) is 0 Å². The maximum absolute atomic E-state index is 11.6. The smallest absolute Gasteiger partial charge is 0.291 e. The Labute approximate surface area is 121 Å². The number of amides is 2. The molecule has 1 aromatic heterocycles. The SMILES string of the molecule is Cc1cccnc1NC(=O)N/N=C/c1ccccc1Cl. The van der Waals surface area contributed by atoms with Gasteiger partial charge in [0.15, 0.2) is 0 Å². The number of aromatic nitrogens is 1. The van der Waals surface area contributed by atoms with Crippen LogP contribution in [0.3, 0.4) is 0 Å². The highest BCUT2D eigenvalue weighted by Gasteiger charge is 2.03. The summed E-state index contributed by atoms with van der Waals surface area (Å²) >= 11 is 5.96. The molecule has 0 saturated heterocycles. The predicted molar refractivity (Wildman–Crippen MR) is 80.2 cm³/mol. The van der Waals surface area contributed by atoms with Crippen molar-refractivity contribution in [3.8, 4) is 0 Å². The fourth-order valence-corrected chi connectivity index (χ4v) is 1.68. The Hall–Kier alpha value is -2.40. The first-order valence-corrected chi connectivity index (χ1v) is 6.31. The molecule has 0 radical (unpaired) electrons. The normalized spacial score (nSPS) is 10.5. The molecular formula is C14H13ClN4O. The maximum Gasteiger partial charge on any atom is 0.340 e. The van der Waals surface area contributed by atoms with E-state index in [-0.39, 0.29) is 0 Å². The van der Waals surface area contributed by atoms with Crippen LogP contribution in [0.2, 0.25) is 5.02 Å². The maximum atomic E-state index is 11.6. The summed E-state index contributed by atoms with van der Waals surface area (Å²) in [5, 5.41) is 7.00. The fraction of sp³-hybridized carbons (Fsp3) is 0.0714. The van der Waals surface area contributed by atoms with Crippen LogP contribution in [0.15, 0.2) is 47.7 Å². The van der Waals surface area contributed by atoms with Gasteiger partial charge in [0.25, 0.3) is 0 Å². The first-order valence-electron chi connectivity index (χ1n) is 5.93. The number of nitrogens with zero attached hydrogens (tertiary/aromatic N) is 2. The number of hydrogen-bond donors (Lipinski definition) is 2. The Balaban J connectivity index is 1.93. The molecule has 2 rings (SSSR count). The average Bonchev–Trinajstić information content (AvgIpc) is 2.43. The third kappa shape index (κ3) is 3.80. The number of rotatable bonds is 3. The summed E-state index contributed by atoms with van der Waals surface area (Å²) in [5.41, 5.74) is 3.95. The molecule has 102 valence electrons. The summed E-state index contributed by atoms with van der Waals surface area (Å²) in [4.78, 5) is 15.7. The Morgan fingerprint density at radius 2 is 2.10 bits per heavy atom. The summed E-state index contributed by atoms with van der Waals surface area (Å²) in [6.07, 6.45) is 3.09. The first-order chi connectivity index (χ1) is 9.66. The number of hydrazone groups is 1. The van der Waals surface area contributed by atoms with Crippen molar-refractivity contribution < 1.29 is 4.79 Å². The van der Waals surface area contributed by atoms with Crippen LogP contribution in [0.1, 0.15) is 11.1 Å². The number of nitrogens with one attached hydrogen (secondary N) is 2. The van der Waals surface area contributed by atoms with Gasteiger partial charge in [-0.15, -0.1) is 0 Å². The van der Waals surface area contributed by atoms with Crippen molar-refractivity contribution in [2.45, 2.75) is 6.92 Å². The predicted octanol–water partition coefficient (Wildman–Crippen LogP) is 3.20. The fourth-order valence-electron chi connectivity index (χ4n) is 1.49. The average molecular weight is 289 g/mol. The molecule has 1 aromatic carbocycles. The van der Waals surface area contributed by atoms with Crippen LogP contribution in [-0.4, -0.2) is 17.2 Å². The largest absolute Gasteiger partial charge is 0.340 e. The second-order valence-corrected chi connectivity index (χ2v) is 4.42. The van der Waals surface area contributed by atoms with Gasteiger partial charge in [-0.05, 0) is 24.6 Å². The number of pyridine rings is 1. The van der Waals surface area contributed by atoms with Crippen molar-refractivity contribution in [3.05, 3.63) is 58.7 Å². The molecular weight excluding hydrogens is 276 g/mol. The van der Waals surface area contributed by atoms with Crippen LogP contribution in [0.25, 0.3) is 0 Å². The zero-order chi connectivity index (χ0) is 14.4. The lowest BCUT2D eigenvalue weighted by Crippen LogP contribution is -2.25. The minimum absolute atomic E-state index is 0.463. The standard InChI is InChI=1S/C14H13ClN4O/c1-10-5-4-8-16-13(10)18-14(20)19-17-9-11-6-2-3-7-12(11)15/h2-9H,1H3,(H2,16,18,19,20)/b17-9+. The number of benzene rings is 1. The van der Waals surface area contributed by atoms with Gasteiger partial charge < -0.3 is 0 Å². The summed E-state index contributed by atoms with van der Waals surface area (Å²) in [5.74, 6) is 0.498. The van der Waals surface area contributed by atoms with Crippen molar-refractivity contribution in [2.24, 2.45) is 5.10 Å². The third-order valence-corrected chi connectivity index (χ3v) is 2.86. The Kier molecular flexibility index (Phi) is 4.68. The minimum Gasteiger partial charge on any atom is -0.291 e. The summed E-state index contributed by atoms with van der Waals surface area (Å²) in [6.45, 7) is 1.86. The van der Waals surface area contributed by atoms with E-state index in [9.17, 15) is 4.79 Å². The molecule has 0 unspecified atom stereocenters. The summed E-state index contributed by atoms with van der Waals surface area (Å²) < 4.78 is 0. The van der Waals surface area contributed by atoms with Gasteiger partial charge in [0.1, 0.15) is 5.82 Å². The summed E-state index contributed by atoms with van der Waals surface area (Å²) in [7, 11) is 0. The van der Waals surface area contributed by atoms with Gasteiger partial charge in [0, 0.05) is 16.8 Å². The van der Waals surface area contributed by atoms with Gasteiger partial charge in [0.05, 0.1) is 6.21 Å². The van der Waals surface area contributed by atoms with Crippen molar-refractivity contribution in [1.29, 1.82) is 0 Å². The number of urea groups is 1. The molecule has 2 N–H and O–H groups in total. The highest BCUT2D eigenvalue weighted by Crippen LogP contribution is 2.12. The van der Waals surface area contributed by atoms with Crippen LogP contribution in [0.4, 0.5) is 10.6 Å². The minimum atomic E-state index is -0.463. The van der Waals surface area contributed by atoms with Crippen molar-refractivity contribution in [2.75, 3.05) is 5.32 Å². The van der Waals surface area contributed by atoms with E-state index >= 15 is 0 Å². The number of carbonyl (C=O) groups excluding carboxylic acids is 1.